The Kier molecular flexibility index (Phi) is 3.78. The Labute approximate surface area is 129 Å². The molecule has 104 valence electrons. The Morgan fingerprint density at radius 2 is 2.10 bits per heavy atom. The molecule has 2 aromatic heterocycles. The monoisotopic (exact) mass is 313 g/mol. The van der Waals surface area contributed by atoms with Crippen molar-refractivity contribution in [3.63, 3.8) is 0 Å². The normalized spacial score (nSPS) is 12.2. The van der Waals surface area contributed by atoms with Crippen molar-refractivity contribution in [2.24, 2.45) is 0 Å². The predicted molar refractivity (Wildman–Crippen MR) is 86.1 cm³/mol. The molecule has 21 heavy (non-hydrogen) atoms. The summed E-state index contributed by atoms with van der Waals surface area (Å²) in [6.07, 6.45) is 0. The second kappa shape index (κ2) is 5.72. The fourth-order valence-electron chi connectivity index (χ4n) is 1.96. The molecule has 0 amide bonds. The van der Waals surface area contributed by atoms with Gasteiger partial charge < -0.3 is 0 Å². The first-order valence-electron chi connectivity index (χ1n) is 6.32. The first kappa shape index (κ1) is 13.9. The van der Waals surface area contributed by atoms with Crippen LogP contribution < -0.4 is 5.56 Å². The quantitative estimate of drug-likeness (QED) is 0.549. The van der Waals surface area contributed by atoms with Crippen LogP contribution in [-0.4, -0.2) is 14.8 Å². The molecule has 3 rings (SSSR count). The number of hydrogen-bond donors (Lipinski definition) is 0. The summed E-state index contributed by atoms with van der Waals surface area (Å²) in [6.45, 7) is 1.80. The topological polar surface area (TPSA) is 58.7 Å². The molecule has 0 bridgehead atoms. The van der Waals surface area contributed by atoms with Gasteiger partial charge in [-0.2, -0.15) is 5.26 Å². The second-order valence-corrected chi connectivity index (χ2v) is 6.60. The molecule has 0 aliphatic heterocycles. The van der Waals surface area contributed by atoms with E-state index in [1.807, 2.05) is 35.7 Å². The van der Waals surface area contributed by atoms with E-state index in [1.165, 1.54) is 23.1 Å². The largest absolute Gasteiger partial charge is 0.268 e. The van der Waals surface area contributed by atoms with Crippen LogP contribution in [0.15, 0.2) is 51.7 Å². The van der Waals surface area contributed by atoms with Crippen LogP contribution in [0.4, 0.5) is 0 Å². The molecule has 4 nitrogen and oxygen atoms in total. The lowest BCUT2D eigenvalue weighted by atomic mass is 10.3. The van der Waals surface area contributed by atoms with Gasteiger partial charge in [-0.05, 0) is 30.5 Å². The van der Waals surface area contributed by atoms with Crippen molar-refractivity contribution < 1.29 is 0 Å². The molecule has 0 spiro atoms. The first-order valence-corrected chi connectivity index (χ1v) is 8.08. The van der Waals surface area contributed by atoms with E-state index in [2.05, 4.69) is 11.1 Å². The van der Waals surface area contributed by atoms with Crippen LogP contribution in [0.5, 0.6) is 0 Å². The molecule has 0 aliphatic carbocycles. The van der Waals surface area contributed by atoms with Crippen LogP contribution in [0.2, 0.25) is 0 Å². The molecule has 1 aromatic carbocycles. The molecule has 3 aromatic rings. The van der Waals surface area contributed by atoms with Gasteiger partial charge in [-0.3, -0.25) is 9.36 Å². The van der Waals surface area contributed by atoms with Gasteiger partial charge in [0.2, 0.25) is 0 Å². The summed E-state index contributed by atoms with van der Waals surface area (Å²) < 4.78 is 1.58. The maximum atomic E-state index is 12.7. The van der Waals surface area contributed by atoms with E-state index in [0.717, 1.165) is 5.69 Å². The van der Waals surface area contributed by atoms with E-state index in [4.69, 9.17) is 5.26 Å². The number of fused-ring (bicyclic) bond motifs is 1. The smallest absolute Gasteiger partial charge is 0.267 e. The molecule has 0 aliphatic rings. The summed E-state index contributed by atoms with van der Waals surface area (Å²) in [4.78, 5) is 18.0. The number of aromatic nitrogens is 2. The van der Waals surface area contributed by atoms with Gasteiger partial charge in [0.05, 0.1) is 22.4 Å². The highest BCUT2D eigenvalue weighted by molar-refractivity contribution is 8.00. The zero-order valence-corrected chi connectivity index (χ0v) is 12.8. The maximum Gasteiger partial charge on any atom is 0.267 e. The molecule has 0 saturated heterocycles. The Hall–Kier alpha value is -2.10. The number of para-hydroxylation sites is 1. The number of nitriles is 1. The summed E-state index contributed by atoms with van der Waals surface area (Å²) in [6, 6.07) is 13.3. The van der Waals surface area contributed by atoms with Crippen LogP contribution in [0.1, 0.15) is 6.92 Å². The average molecular weight is 313 g/mol. The number of thiophene rings is 1. The fourth-order valence-corrected chi connectivity index (χ4v) is 3.58. The molecule has 0 radical (unpaired) electrons. The average Bonchev–Trinajstić information content (AvgIpc) is 2.97. The van der Waals surface area contributed by atoms with E-state index in [1.54, 1.807) is 17.6 Å². The van der Waals surface area contributed by atoms with E-state index >= 15 is 0 Å². The minimum atomic E-state index is -0.274. The van der Waals surface area contributed by atoms with Gasteiger partial charge in [0.15, 0.2) is 5.16 Å². The summed E-state index contributed by atoms with van der Waals surface area (Å²) >= 11 is 2.73. The lowest BCUT2D eigenvalue weighted by Crippen LogP contribution is -2.21. The molecule has 0 N–H and O–H groups in total. The number of nitrogens with zero attached hydrogens (tertiary/aromatic N) is 3. The third-order valence-corrected chi connectivity index (χ3v) is 4.70. The summed E-state index contributed by atoms with van der Waals surface area (Å²) in [5.74, 6) is 0. The SMILES string of the molecule is C[C@@H](C#N)Sc1nc2sccc2c(=O)n1-c1ccccc1. The third kappa shape index (κ3) is 2.58. The number of rotatable bonds is 3. The van der Waals surface area contributed by atoms with Crippen molar-refractivity contribution in [2.45, 2.75) is 17.3 Å². The maximum absolute atomic E-state index is 12.7. The van der Waals surface area contributed by atoms with Crippen molar-refractivity contribution >= 4 is 33.3 Å². The van der Waals surface area contributed by atoms with E-state index in [9.17, 15) is 4.79 Å². The zero-order chi connectivity index (χ0) is 14.8. The van der Waals surface area contributed by atoms with Crippen LogP contribution in [-0.2, 0) is 0 Å². The Bertz CT molecular complexity index is 877. The highest BCUT2D eigenvalue weighted by Crippen LogP contribution is 2.26. The Balaban J connectivity index is 2.29. The highest BCUT2D eigenvalue weighted by atomic mass is 32.2. The molecule has 0 unspecified atom stereocenters. The molecular formula is C15H11N3OS2. The molecule has 2 heterocycles. The van der Waals surface area contributed by atoms with Crippen LogP contribution in [0.3, 0.4) is 0 Å². The van der Waals surface area contributed by atoms with Crippen LogP contribution >= 0.6 is 23.1 Å². The van der Waals surface area contributed by atoms with Crippen LogP contribution in [0.25, 0.3) is 15.9 Å². The minimum Gasteiger partial charge on any atom is -0.268 e. The van der Waals surface area contributed by atoms with Crippen molar-refractivity contribution in [3.05, 3.63) is 52.1 Å². The third-order valence-electron chi connectivity index (χ3n) is 2.95. The minimum absolute atomic E-state index is 0.0971. The van der Waals surface area contributed by atoms with Gasteiger partial charge in [-0.25, -0.2) is 4.98 Å². The van der Waals surface area contributed by atoms with E-state index in [-0.39, 0.29) is 10.8 Å². The molecule has 0 saturated carbocycles. The molecule has 0 fully saturated rings. The second-order valence-electron chi connectivity index (χ2n) is 4.40. The van der Waals surface area contributed by atoms with Gasteiger partial charge in [0.1, 0.15) is 4.83 Å². The zero-order valence-electron chi connectivity index (χ0n) is 11.2. The Morgan fingerprint density at radius 3 is 2.81 bits per heavy atom. The van der Waals surface area contributed by atoms with E-state index in [0.29, 0.717) is 15.4 Å². The van der Waals surface area contributed by atoms with Crippen molar-refractivity contribution in [1.29, 1.82) is 5.26 Å². The lowest BCUT2D eigenvalue weighted by Gasteiger charge is -2.12. The van der Waals surface area contributed by atoms with Gasteiger partial charge in [-0.1, -0.05) is 30.0 Å². The number of benzene rings is 1. The highest BCUT2D eigenvalue weighted by Gasteiger charge is 2.16. The standard InChI is InChI=1S/C15H11N3OS2/c1-10(9-16)21-15-17-13-12(7-8-20-13)14(19)18(15)11-5-3-2-4-6-11/h2-8,10H,1H3/t10-/m0/s1. The molecule has 6 heteroatoms. The van der Waals surface area contributed by atoms with Crippen molar-refractivity contribution in [1.82, 2.24) is 9.55 Å². The van der Waals surface area contributed by atoms with Gasteiger partial charge >= 0.3 is 0 Å². The van der Waals surface area contributed by atoms with Gasteiger partial charge in [0.25, 0.3) is 5.56 Å². The van der Waals surface area contributed by atoms with Gasteiger partial charge in [-0.15, -0.1) is 11.3 Å². The lowest BCUT2D eigenvalue weighted by molar-refractivity contribution is 0.821. The number of hydrogen-bond acceptors (Lipinski definition) is 5. The number of thioether (sulfide) groups is 1. The predicted octanol–water partition coefficient (Wildman–Crippen LogP) is 3.45. The van der Waals surface area contributed by atoms with Crippen LogP contribution in [0, 0.1) is 11.3 Å². The first-order chi connectivity index (χ1) is 10.2. The summed E-state index contributed by atoms with van der Waals surface area (Å²) in [5, 5.41) is 11.8. The summed E-state index contributed by atoms with van der Waals surface area (Å²) in [7, 11) is 0. The van der Waals surface area contributed by atoms with Crippen molar-refractivity contribution in [3.8, 4) is 11.8 Å². The summed E-state index contributed by atoms with van der Waals surface area (Å²) in [5.41, 5.74) is 0.663. The fraction of sp³-hybridized carbons (Fsp3) is 0.133. The van der Waals surface area contributed by atoms with Crippen molar-refractivity contribution in [2.75, 3.05) is 0 Å². The van der Waals surface area contributed by atoms with Gasteiger partial charge in [0, 0.05) is 0 Å². The molecule has 1 atom stereocenters. The van der Waals surface area contributed by atoms with E-state index < -0.39 is 0 Å². The molecular weight excluding hydrogens is 302 g/mol. The Morgan fingerprint density at radius 1 is 1.33 bits per heavy atom.